The van der Waals surface area contributed by atoms with Crippen molar-refractivity contribution in [1.82, 2.24) is 15.2 Å². The molecule has 1 aromatic heterocycles. The zero-order valence-corrected chi connectivity index (χ0v) is 12.5. The molecule has 1 rings (SSSR count). The monoisotopic (exact) mass is 295 g/mol. The number of hydrogen-bond acceptors (Lipinski definition) is 4. The summed E-state index contributed by atoms with van der Waals surface area (Å²) < 4.78 is 4.76. The lowest BCUT2D eigenvalue weighted by molar-refractivity contribution is -0.148. The van der Waals surface area contributed by atoms with E-state index in [0.717, 1.165) is 11.4 Å². The van der Waals surface area contributed by atoms with E-state index in [9.17, 15) is 9.59 Å². The topological polar surface area (TPSA) is 91.8 Å². The lowest BCUT2D eigenvalue weighted by atomic mass is 10.3. The van der Waals surface area contributed by atoms with Gasteiger partial charge in [-0.25, -0.2) is 9.59 Å². The van der Waals surface area contributed by atoms with Crippen LogP contribution in [0.1, 0.15) is 18.3 Å². The van der Waals surface area contributed by atoms with Gasteiger partial charge < -0.3 is 20.1 Å². The molecule has 1 unspecified atom stereocenters. The number of amides is 2. The number of urea groups is 1. The van der Waals surface area contributed by atoms with Gasteiger partial charge in [0, 0.05) is 19.3 Å². The van der Waals surface area contributed by atoms with E-state index in [2.05, 4.69) is 10.3 Å². The maximum absolute atomic E-state index is 12.0. The van der Waals surface area contributed by atoms with E-state index in [1.165, 1.54) is 7.11 Å². The van der Waals surface area contributed by atoms with Crippen LogP contribution in [0.3, 0.4) is 0 Å². The van der Waals surface area contributed by atoms with Gasteiger partial charge in [-0.05, 0) is 26.0 Å². The summed E-state index contributed by atoms with van der Waals surface area (Å²) in [5, 5.41) is 11.4. The van der Waals surface area contributed by atoms with Gasteiger partial charge in [0.1, 0.15) is 0 Å². The van der Waals surface area contributed by atoms with Gasteiger partial charge in [-0.1, -0.05) is 6.07 Å². The largest absolute Gasteiger partial charge is 0.479 e. The van der Waals surface area contributed by atoms with Crippen LogP contribution in [0.2, 0.25) is 0 Å². The molecule has 0 radical (unpaired) electrons. The number of aliphatic carboxylic acids is 1. The van der Waals surface area contributed by atoms with Gasteiger partial charge >= 0.3 is 12.0 Å². The highest BCUT2D eigenvalue weighted by atomic mass is 16.5. The van der Waals surface area contributed by atoms with E-state index in [0.29, 0.717) is 13.1 Å². The molecule has 1 atom stereocenters. The van der Waals surface area contributed by atoms with Gasteiger partial charge in [-0.15, -0.1) is 0 Å². The zero-order valence-electron chi connectivity index (χ0n) is 12.5. The zero-order chi connectivity index (χ0) is 15.8. The highest BCUT2D eigenvalue weighted by Gasteiger charge is 2.19. The Morgan fingerprint density at radius 2 is 2.19 bits per heavy atom. The summed E-state index contributed by atoms with van der Waals surface area (Å²) in [7, 11) is 1.29. The normalized spacial score (nSPS) is 11.8. The van der Waals surface area contributed by atoms with Crippen LogP contribution in [0.5, 0.6) is 0 Å². The lowest BCUT2D eigenvalue weighted by Crippen LogP contribution is -2.44. The first-order valence-electron chi connectivity index (χ1n) is 6.68. The molecule has 7 nitrogen and oxygen atoms in total. The third kappa shape index (κ3) is 5.39. The van der Waals surface area contributed by atoms with Crippen LogP contribution in [0.15, 0.2) is 18.2 Å². The van der Waals surface area contributed by atoms with Gasteiger partial charge in [0.15, 0.2) is 6.10 Å². The number of ether oxygens (including phenoxy) is 1. The Balaban J connectivity index is 2.59. The second kappa shape index (κ2) is 8.21. The molecule has 1 heterocycles. The Morgan fingerprint density at radius 3 is 2.71 bits per heavy atom. The van der Waals surface area contributed by atoms with Crippen LogP contribution >= 0.6 is 0 Å². The van der Waals surface area contributed by atoms with E-state index in [1.54, 1.807) is 4.90 Å². The smallest absolute Gasteiger partial charge is 0.334 e. The molecular formula is C14H21N3O4. The minimum Gasteiger partial charge on any atom is -0.479 e. The van der Waals surface area contributed by atoms with Gasteiger partial charge in [0.2, 0.25) is 0 Å². The SMILES string of the molecule is CCN(Cc1cccc(C)n1)C(=O)NCC(OC)C(=O)O. The summed E-state index contributed by atoms with van der Waals surface area (Å²) in [6.45, 7) is 4.51. The van der Waals surface area contributed by atoms with Gasteiger partial charge in [-0.3, -0.25) is 4.98 Å². The number of carboxylic acid groups (broad SMARTS) is 1. The first kappa shape index (κ1) is 16.9. The molecule has 7 heteroatoms. The van der Waals surface area contributed by atoms with Crippen LogP contribution in [0, 0.1) is 6.92 Å². The van der Waals surface area contributed by atoms with Crippen LogP contribution in [0.4, 0.5) is 4.79 Å². The Kier molecular flexibility index (Phi) is 6.61. The predicted octanol–water partition coefficient (Wildman–Crippen LogP) is 1.02. The molecule has 0 aliphatic rings. The highest BCUT2D eigenvalue weighted by molar-refractivity contribution is 5.76. The second-order valence-corrected chi connectivity index (χ2v) is 4.53. The molecule has 1 aromatic rings. The summed E-state index contributed by atoms with van der Waals surface area (Å²) >= 11 is 0. The van der Waals surface area contributed by atoms with E-state index in [-0.39, 0.29) is 12.6 Å². The second-order valence-electron chi connectivity index (χ2n) is 4.53. The summed E-state index contributed by atoms with van der Waals surface area (Å²) in [5.74, 6) is -1.11. The molecule has 0 aromatic carbocycles. The van der Waals surface area contributed by atoms with E-state index >= 15 is 0 Å². The molecule has 2 amide bonds. The van der Waals surface area contributed by atoms with Crippen molar-refractivity contribution in [1.29, 1.82) is 0 Å². The minimum absolute atomic E-state index is 0.0809. The first-order chi connectivity index (χ1) is 9.97. The number of rotatable bonds is 7. The molecule has 0 aliphatic heterocycles. The Morgan fingerprint density at radius 1 is 1.48 bits per heavy atom. The van der Waals surface area contributed by atoms with Crippen molar-refractivity contribution in [3.63, 3.8) is 0 Å². The standard InChI is InChI=1S/C14H21N3O4/c1-4-17(9-11-7-5-6-10(2)16-11)14(20)15-8-12(21-3)13(18)19/h5-7,12H,4,8-9H2,1-3H3,(H,15,20)(H,18,19). The maximum Gasteiger partial charge on any atom is 0.334 e. The number of aryl methyl sites for hydroxylation is 1. The molecule has 2 N–H and O–H groups in total. The molecule has 0 fully saturated rings. The number of pyridine rings is 1. The van der Waals surface area contributed by atoms with Crippen molar-refractivity contribution >= 4 is 12.0 Å². The Hall–Kier alpha value is -2.15. The van der Waals surface area contributed by atoms with Crippen molar-refractivity contribution in [2.24, 2.45) is 0 Å². The minimum atomic E-state index is -1.11. The van der Waals surface area contributed by atoms with Crippen LogP contribution in [-0.4, -0.2) is 53.3 Å². The predicted molar refractivity (Wildman–Crippen MR) is 76.9 cm³/mol. The fourth-order valence-corrected chi connectivity index (χ4v) is 1.77. The molecule has 0 spiro atoms. The number of nitrogens with zero attached hydrogens (tertiary/aromatic N) is 2. The summed E-state index contributed by atoms with van der Waals surface area (Å²) in [6, 6.07) is 5.27. The maximum atomic E-state index is 12.0. The molecule has 0 bridgehead atoms. The average Bonchev–Trinajstić information content (AvgIpc) is 2.44. The van der Waals surface area contributed by atoms with Crippen molar-refractivity contribution in [3.05, 3.63) is 29.6 Å². The molecule has 21 heavy (non-hydrogen) atoms. The van der Waals surface area contributed by atoms with Crippen LogP contribution in [0.25, 0.3) is 0 Å². The quantitative estimate of drug-likeness (QED) is 0.783. The number of carboxylic acids is 1. The molecule has 0 aliphatic carbocycles. The summed E-state index contributed by atoms with van der Waals surface area (Å²) in [4.78, 5) is 28.8. The summed E-state index contributed by atoms with van der Waals surface area (Å²) in [5.41, 5.74) is 1.67. The number of methoxy groups -OCH3 is 1. The molecule has 0 saturated heterocycles. The van der Waals surface area contributed by atoms with Gasteiger partial charge in [0.05, 0.1) is 18.8 Å². The van der Waals surface area contributed by atoms with Gasteiger partial charge in [-0.2, -0.15) is 0 Å². The van der Waals surface area contributed by atoms with E-state index in [1.807, 2.05) is 32.0 Å². The fraction of sp³-hybridized carbons (Fsp3) is 0.500. The van der Waals surface area contributed by atoms with Crippen molar-refractivity contribution in [3.8, 4) is 0 Å². The van der Waals surface area contributed by atoms with E-state index < -0.39 is 12.1 Å². The van der Waals surface area contributed by atoms with E-state index in [4.69, 9.17) is 9.84 Å². The van der Waals surface area contributed by atoms with Crippen LogP contribution < -0.4 is 5.32 Å². The fourth-order valence-electron chi connectivity index (χ4n) is 1.77. The number of carbonyl (C=O) groups excluding carboxylic acids is 1. The number of aromatic nitrogens is 1. The molecule has 0 saturated carbocycles. The number of hydrogen-bond donors (Lipinski definition) is 2. The third-order valence-corrected chi connectivity index (χ3v) is 2.97. The van der Waals surface area contributed by atoms with Crippen molar-refractivity contribution < 1.29 is 19.4 Å². The van der Waals surface area contributed by atoms with Crippen molar-refractivity contribution in [2.75, 3.05) is 20.2 Å². The summed E-state index contributed by atoms with van der Waals surface area (Å²) in [6.07, 6.45) is -1.05. The van der Waals surface area contributed by atoms with Crippen molar-refractivity contribution in [2.45, 2.75) is 26.5 Å². The number of carbonyl (C=O) groups is 2. The molecule has 116 valence electrons. The lowest BCUT2D eigenvalue weighted by Gasteiger charge is -2.22. The van der Waals surface area contributed by atoms with Gasteiger partial charge in [0.25, 0.3) is 0 Å². The third-order valence-electron chi connectivity index (χ3n) is 2.97. The Bertz CT molecular complexity index is 493. The van der Waals surface area contributed by atoms with Crippen LogP contribution in [-0.2, 0) is 16.1 Å². The number of nitrogens with one attached hydrogen (secondary N) is 1. The highest BCUT2D eigenvalue weighted by Crippen LogP contribution is 2.03. The average molecular weight is 295 g/mol. The molecular weight excluding hydrogens is 274 g/mol. The first-order valence-corrected chi connectivity index (χ1v) is 6.68. The Labute approximate surface area is 123 Å².